The molecular weight excluding hydrogens is 111 g/mol. The molecule has 0 aromatic carbocycles. The van der Waals surface area contributed by atoms with Crippen LogP contribution in [0.25, 0.3) is 0 Å². The summed E-state index contributed by atoms with van der Waals surface area (Å²) in [5.41, 5.74) is 0. The minimum absolute atomic E-state index is 0. The summed E-state index contributed by atoms with van der Waals surface area (Å²) in [6, 6.07) is 0. The minimum Gasteiger partial charge on any atom is -1.00 e. The summed E-state index contributed by atoms with van der Waals surface area (Å²) in [5.74, 6) is 0. The van der Waals surface area contributed by atoms with E-state index in [9.17, 15) is 0 Å². The van der Waals surface area contributed by atoms with E-state index in [-0.39, 0.29) is 36.5 Å². The van der Waals surface area contributed by atoms with Crippen molar-refractivity contribution in [3.8, 4) is 0 Å². The Morgan fingerprint density at radius 3 is 1.38 bits per heavy atom. The van der Waals surface area contributed by atoms with Gasteiger partial charge in [-0.3, -0.25) is 0 Å². The molecule has 48 valence electrons. The van der Waals surface area contributed by atoms with Gasteiger partial charge in [0.05, 0.1) is 0 Å². The van der Waals surface area contributed by atoms with E-state index in [4.69, 9.17) is 0 Å². The van der Waals surface area contributed by atoms with Crippen LogP contribution < -0.4 is 29.6 Å². The maximum atomic E-state index is 2.23. The summed E-state index contributed by atoms with van der Waals surface area (Å²) >= 11 is 0. The zero-order valence-corrected chi connectivity index (χ0v) is 8.33. The maximum Gasteiger partial charge on any atom is 1.00 e. The normalized spacial score (nSPS) is 6.75. The van der Waals surface area contributed by atoms with E-state index < -0.39 is 0 Å². The Hall–Kier alpha value is 0.960. The van der Waals surface area contributed by atoms with Crippen molar-refractivity contribution < 1.29 is 36.5 Å². The molecule has 0 fully saturated rings. The van der Waals surface area contributed by atoms with Crippen LogP contribution in [-0.4, -0.2) is 5.48 Å². The fourth-order valence-electron chi connectivity index (χ4n) is 0.500. The van der Waals surface area contributed by atoms with Crippen molar-refractivity contribution in [3.63, 3.8) is 0 Å². The molecule has 0 aromatic heterocycles. The standard InChI is InChI=1S/C6H14.Na.H2O.H/c1-3-5-6-4-2;;;/h3-6H2,1-2H3;;1H2;/q;+1;;-1. The van der Waals surface area contributed by atoms with Gasteiger partial charge in [0.1, 0.15) is 0 Å². The summed E-state index contributed by atoms with van der Waals surface area (Å²) in [6.07, 6.45) is 5.54. The third kappa shape index (κ3) is 15.8. The molecular formula is C6H17NaO. The molecule has 0 atom stereocenters. The van der Waals surface area contributed by atoms with Crippen molar-refractivity contribution in [2.45, 2.75) is 39.5 Å². The zero-order chi connectivity index (χ0) is 4.83. The number of hydrogen-bond donors (Lipinski definition) is 0. The van der Waals surface area contributed by atoms with Crippen LogP contribution in [0.3, 0.4) is 0 Å². The van der Waals surface area contributed by atoms with Crippen LogP contribution in [0, 0.1) is 0 Å². The quantitative estimate of drug-likeness (QED) is 0.340. The Morgan fingerprint density at radius 2 is 1.25 bits per heavy atom. The van der Waals surface area contributed by atoms with Crippen molar-refractivity contribution in [3.05, 3.63) is 0 Å². The van der Waals surface area contributed by atoms with Crippen LogP contribution in [-0.2, 0) is 0 Å². The van der Waals surface area contributed by atoms with E-state index >= 15 is 0 Å². The second kappa shape index (κ2) is 15.7. The Labute approximate surface area is 75.9 Å². The van der Waals surface area contributed by atoms with Crippen molar-refractivity contribution in [1.82, 2.24) is 0 Å². The molecule has 0 rings (SSSR count). The molecule has 0 saturated heterocycles. The van der Waals surface area contributed by atoms with Crippen molar-refractivity contribution in [2.24, 2.45) is 0 Å². The van der Waals surface area contributed by atoms with Gasteiger partial charge in [0, 0.05) is 0 Å². The first kappa shape index (κ1) is 16.0. The fourth-order valence-corrected chi connectivity index (χ4v) is 0.500. The Balaban J connectivity index is -0.0000000417. The van der Waals surface area contributed by atoms with Gasteiger partial charge in [-0.1, -0.05) is 39.5 Å². The molecule has 1 nitrogen and oxygen atoms in total. The van der Waals surface area contributed by atoms with Gasteiger partial charge in [0.15, 0.2) is 0 Å². The van der Waals surface area contributed by atoms with E-state index in [1.807, 2.05) is 0 Å². The van der Waals surface area contributed by atoms with Crippen LogP contribution in [0.15, 0.2) is 0 Å². The Morgan fingerprint density at radius 1 is 1.00 bits per heavy atom. The first-order valence-corrected chi connectivity index (χ1v) is 2.91. The summed E-state index contributed by atoms with van der Waals surface area (Å²) in [5, 5.41) is 0. The second-order valence-electron chi connectivity index (χ2n) is 1.71. The van der Waals surface area contributed by atoms with Crippen LogP contribution in [0.1, 0.15) is 41.0 Å². The van der Waals surface area contributed by atoms with Crippen molar-refractivity contribution >= 4 is 0 Å². The van der Waals surface area contributed by atoms with E-state index in [0.717, 1.165) is 0 Å². The van der Waals surface area contributed by atoms with Crippen LogP contribution in [0.4, 0.5) is 0 Å². The molecule has 2 heteroatoms. The SMILES string of the molecule is CCCCCC.O.[H-].[Na+]. The molecule has 2 N–H and O–H groups in total. The first-order chi connectivity index (χ1) is 2.91. The average Bonchev–Trinajstić information content (AvgIpc) is 1.61. The molecule has 0 amide bonds. The molecule has 8 heavy (non-hydrogen) atoms. The van der Waals surface area contributed by atoms with E-state index in [1.54, 1.807) is 0 Å². The largest absolute Gasteiger partial charge is 1.00 e. The van der Waals surface area contributed by atoms with Crippen LogP contribution in [0.2, 0.25) is 0 Å². The Bertz CT molecular complexity index is 25.0. The van der Waals surface area contributed by atoms with Gasteiger partial charge >= 0.3 is 29.6 Å². The first-order valence-electron chi connectivity index (χ1n) is 2.91. The van der Waals surface area contributed by atoms with E-state index in [1.165, 1.54) is 25.7 Å². The summed E-state index contributed by atoms with van der Waals surface area (Å²) in [4.78, 5) is 0. The van der Waals surface area contributed by atoms with E-state index in [0.29, 0.717) is 0 Å². The number of rotatable bonds is 3. The number of hydrogen-bond acceptors (Lipinski definition) is 0. The molecule has 0 heterocycles. The van der Waals surface area contributed by atoms with Gasteiger partial charge in [-0.2, -0.15) is 0 Å². The third-order valence-corrected chi connectivity index (χ3v) is 0.957. The Kier molecular flexibility index (Phi) is 31.3. The van der Waals surface area contributed by atoms with Gasteiger partial charge in [0.2, 0.25) is 0 Å². The molecule has 0 aromatic rings. The fraction of sp³-hybridized carbons (Fsp3) is 1.00. The summed E-state index contributed by atoms with van der Waals surface area (Å²) < 4.78 is 0. The molecule has 0 unspecified atom stereocenters. The van der Waals surface area contributed by atoms with Gasteiger partial charge in [0.25, 0.3) is 0 Å². The molecule has 0 spiro atoms. The van der Waals surface area contributed by atoms with Gasteiger partial charge < -0.3 is 6.90 Å². The third-order valence-electron chi connectivity index (χ3n) is 0.957. The van der Waals surface area contributed by atoms with Crippen molar-refractivity contribution in [2.75, 3.05) is 0 Å². The molecule has 0 aliphatic carbocycles. The van der Waals surface area contributed by atoms with Gasteiger partial charge in [-0.15, -0.1) is 0 Å². The monoisotopic (exact) mass is 128 g/mol. The van der Waals surface area contributed by atoms with Crippen molar-refractivity contribution in [1.29, 1.82) is 0 Å². The maximum absolute atomic E-state index is 2.23. The topological polar surface area (TPSA) is 31.5 Å². The molecule has 0 aliphatic heterocycles. The molecule has 0 saturated carbocycles. The predicted octanol–water partition coefficient (Wildman–Crippen LogP) is -1.12. The smallest absolute Gasteiger partial charge is 1.00 e. The zero-order valence-electron chi connectivity index (χ0n) is 7.33. The summed E-state index contributed by atoms with van der Waals surface area (Å²) in [7, 11) is 0. The predicted molar refractivity (Wildman–Crippen MR) is 34.5 cm³/mol. The summed E-state index contributed by atoms with van der Waals surface area (Å²) in [6.45, 7) is 4.46. The second-order valence-corrected chi connectivity index (χ2v) is 1.71. The van der Waals surface area contributed by atoms with Gasteiger partial charge in [-0.05, 0) is 0 Å². The minimum atomic E-state index is 0. The number of unbranched alkanes of at least 4 members (excludes halogenated alkanes) is 3. The van der Waals surface area contributed by atoms with Gasteiger partial charge in [-0.25, -0.2) is 0 Å². The van der Waals surface area contributed by atoms with E-state index in [2.05, 4.69) is 13.8 Å². The molecule has 0 aliphatic rings. The van der Waals surface area contributed by atoms with Crippen LogP contribution >= 0.6 is 0 Å². The van der Waals surface area contributed by atoms with Crippen LogP contribution in [0.5, 0.6) is 0 Å². The average molecular weight is 128 g/mol. The molecule has 0 radical (unpaired) electrons. The molecule has 0 bridgehead atoms.